The van der Waals surface area contributed by atoms with Crippen molar-refractivity contribution in [1.82, 2.24) is 5.32 Å². The molecule has 184 valence electrons. The van der Waals surface area contributed by atoms with E-state index in [9.17, 15) is 18.0 Å². The lowest BCUT2D eigenvalue weighted by Gasteiger charge is -2.23. The lowest BCUT2D eigenvalue weighted by atomic mass is 10.0. The number of benzene rings is 1. The molecule has 3 unspecified atom stereocenters. The average molecular weight is 483 g/mol. The van der Waals surface area contributed by atoms with Gasteiger partial charge in [0.2, 0.25) is 5.41 Å². The van der Waals surface area contributed by atoms with Gasteiger partial charge < -0.3 is 23.7 Å². The molecule has 0 aromatic heterocycles. The molecule has 0 saturated heterocycles. The second kappa shape index (κ2) is 14.4. The third kappa shape index (κ3) is 11.2. The number of carbonyl (C=O) groups is 2. The largest absolute Gasteiger partial charge is 0.496 e. The maximum absolute atomic E-state index is 13.8. The molecular weight excluding hydrogens is 450 g/mol. The number of nitrogens with one attached hydrogen (secondary N) is 1. The van der Waals surface area contributed by atoms with E-state index in [1.54, 1.807) is 18.2 Å². The predicted octanol–water partition coefficient (Wildman–Crippen LogP) is 3.28. The van der Waals surface area contributed by atoms with E-state index in [0.717, 1.165) is 12.7 Å². The van der Waals surface area contributed by atoms with Crippen LogP contribution in [0.15, 0.2) is 18.2 Å². The van der Waals surface area contributed by atoms with Crippen LogP contribution in [-0.4, -0.2) is 63.9 Å². The lowest BCUT2D eigenvalue weighted by molar-refractivity contribution is -0.157. The Morgan fingerprint density at radius 2 is 1.84 bits per heavy atom. The second-order valence-electron chi connectivity index (χ2n) is 7.73. The molecule has 0 spiro atoms. The second-order valence-corrected chi connectivity index (χ2v) is 8.69. The standard InChI is InChI=1S/C20H31F3NO5P.CH2O/c1-19(2,3)29-12-24-10-14-8-13(6-7-15(14)26-4)9-16(17(25)27-5)28-11-20(23,30)18(21)22;1-2/h6-8,16,18,24H,9-12,30H2,1-5H3;1H2. The number of hydrogen-bond donors (Lipinski definition) is 1. The van der Waals surface area contributed by atoms with E-state index >= 15 is 0 Å². The van der Waals surface area contributed by atoms with Crippen LogP contribution in [-0.2, 0) is 36.8 Å². The van der Waals surface area contributed by atoms with Gasteiger partial charge >= 0.3 is 5.97 Å². The van der Waals surface area contributed by atoms with Gasteiger partial charge in [0.15, 0.2) is 6.10 Å². The fourth-order valence-corrected chi connectivity index (χ4v) is 2.49. The predicted molar refractivity (Wildman–Crippen MR) is 118 cm³/mol. The summed E-state index contributed by atoms with van der Waals surface area (Å²) in [5.74, 6) is -0.151. The first-order valence-electron chi connectivity index (χ1n) is 9.64. The molecule has 0 aliphatic rings. The molecule has 0 aliphatic carbocycles. The molecule has 0 heterocycles. The summed E-state index contributed by atoms with van der Waals surface area (Å²) in [6, 6.07) is 5.22. The van der Waals surface area contributed by atoms with E-state index in [2.05, 4.69) is 10.1 Å². The van der Waals surface area contributed by atoms with Crippen LogP contribution in [0.4, 0.5) is 13.2 Å². The zero-order valence-electron chi connectivity index (χ0n) is 19.1. The van der Waals surface area contributed by atoms with Crippen molar-refractivity contribution in [3.63, 3.8) is 0 Å². The van der Waals surface area contributed by atoms with Gasteiger partial charge in [0.05, 0.1) is 33.2 Å². The quantitative estimate of drug-likeness (QED) is 0.211. The van der Waals surface area contributed by atoms with Crippen LogP contribution in [0.3, 0.4) is 0 Å². The third-order valence-corrected chi connectivity index (χ3v) is 4.44. The molecule has 0 fully saturated rings. The maximum Gasteiger partial charge on any atom is 0.335 e. The van der Waals surface area contributed by atoms with Crippen molar-refractivity contribution in [3.05, 3.63) is 29.3 Å². The first-order chi connectivity index (χ1) is 14.9. The number of ether oxygens (including phenoxy) is 4. The Bertz CT molecular complexity index is 701. The molecule has 1 aromatic rings. The van der Waals surface area contributed by atoms with Crippen LogP contribution in [0, 0.1) is 0 Å². The van der Waals surface area contributed by atoms with Crippen molar-refractivity contribution < 1.29 is 41.7 Å². The van der Waals surface area contributed by atoms with Crippen LogP contribution < -0.4 is 10.1 Å². The minimum absolute atomic E-state index is 0.0200. The molecule has 0 aliphatic heterocycles. The Morgan fingerprint density at radius 3 is 2.34 bits per heavy atom. The van der Waals surface area contributed by atoms with E-state index < -0.39 is 30.5 Å². The third-order valence-electron chi connectivity index (χ3n) is 4.02. The fraction of sp³-hybridized carbons (Fsp3) is 0.619. The summed E-state index contributed by atoms with van der Waals surface area (Å²) in [6.07, 6.45) is -4.48. The number of alkyl halides is 3. The van der Waals surface area contributed by atoms with Crippen LogP contribution in [0.25, 0.3) is 0 Å². The van der Waals surface area contributed by atoms with Crippen molar-refractivity contribution >= 4 is 22.0 Å². The van der Waals surface area contributed by atoms with Crippen molar-refractivity contribution in [3.8, 4) is 5.75 Å². The topological polar surface area (TPSA) is 83.1 Å². The van der Waals surface area contributed by atoms with Gasteiger partial charge in [-0.3, -0.25) is 5.32 Å². The van der Waals surface area contributed by atoms with Crippen molar-refractivity contribution in [2.75, 3.05) is 27.6 Å². The van der Waals surface area contributed by atoms with Gasteiger partial charge in [0.1, 0.15) is 12.5 Å². The molecule has 1 aromatic carbocycles. The Morgan fingerprint density at radius 1 is 1.22 bits per heavy atom. The summed E-state index contributed by atoms with van der Waals surface area (Å²) < 4.78 is 60.0. The van der Waals surface area contributed by atoms with Crippen molar-refractivity contribution in [1.29, 1.82) is 0 Å². The molecule has 0 amide bonds. The highest BCUT2D eigenvalue weighted by atomic mass is 31.0. The number of rotatable bonds is 12. The van der Waals surface area contributed by atoms with Crippen LogP contribution >= 0.6 is 9.24 Å². The van der Waals surface area contributed by atoms with E-state index in [1.165, 1.54) is 16.3 Å². The maximum atomic E-state index is 13.8. The number of hydrogen-bond acceptors (Lipinski definition) is 7. The van der Waals surface area contributed by atoms with Crippen LogP contribution in [0.5, 0.6) is 5.75 Å². The molecule has 1 N–H and O–H groups in total. The van der Waals surface area contributed by atoms with Crippen LogP contribution in [0.2, 0.25) is 0 Å². The summed E-state index contributed by atoms with van der Waals surface area (Å²) in [4.78, 5) is 20.0. The minimum Gasteiger partial charge on any atom is -0.496 e. The summed E-state index contributed by atoms with van der Waals surface area (Å²) in [5.41, 5.74) is 1.19. The monoisotopic (exact) mass is 483 g/mol. The Kier molecular flexibility index (Phi) is 13.6. The summed E-state index contributed by atoms with van der Waals surface area (Å²) in [6.45, 7) is 7.61. The highest BCUT2D eigenvalue weighted by molar-refractivity contribution is 7.18. The number of halogens is 3. The molecule has 32 heavy (non-hydrogen) atoms. The fourth-order valence-electron chi connectivity index (χ4n) is 2.40. The first-order valence-corrected chi connectivity index (χ1v) is 10.2. The van der Waals surface area contributed by atoms with Gasteiger partial charge in [-0.15, -0.1) is 0 Å². The smallest absolute Gasteiger partial charge is 0.335 e. The molecule has 3 atom stereocenters. The molecule has 0 bridgehead atoms. The normalized spacial score (nSPS) is 14.2. The first kappa shape index (κ1) is 30.3. The van der Waals surface area contributed by atoms with Gasteiger partial charge in [-0.1, -0.05) is 21.4 Å². The highest BCUT2D eigenvalue weighted by Crippen LogP contribution is 2.29. The van der Waals surface area contributed by atoms with Gasteiger partial charge in [-0.05, 0) is 32.4 Å². The summed E-state index contributed by atoms with van der Waals surface area (Å²) in [7, 11) is 4.10. The van der Waals surface area contributed by atoms with Crippen LogP contribution in [0.1, 0.15) is 31.9 Å². The Balaban J connectivity index is 0.00000466. The molecule has 1 rings (SSSR count). The van der Waals surface area contributed by atoms with E-state index in [-0.39, 0.29) is 12.0 Å². The highest BCUT2D eigenvalue weighted by Gasteiger charge is 2.37. The molecule has 0 saturated carbocycles. The molecule has 11 heteroatoms. The van der Waals surface area contributed by atoms with Gasteiger partial charge in [-0.25, -0.2) is 18.0 Å². The van der Waals surface area contributed by atoms with Crippen molar-refractivity contribution in [2.24, 2.45) is 0 Å². The summed E-state index contributed by atoms with van der Waals surface area (Å²) in [5, 5.41) is 0.194. The number of esters is 1. The lowest BCUT2D eigenvalue weighted by Crippen LogP contribution is -2.36. The van der Waals surface area contributed by atoms with E-state index in [1.807, 2.05) is 27.6 Å². The molecule has 7 nitrogen and oxygen atoms in total. The minimum atomic E-state index is -3.27. The van der Waals surface area contributed by atoms with Gasteiger partial charge in [0.25, 0.3) is 6.43 Å². The van der Waals surface area contributed by atoms with Crippen molar-refractivity contribution in [2.45, 2.75) is 57.3 Å². The average Bonchev–Trinajstić information content (AvgIpc) is 2.74. The van der Waals surface area contributed by atoms with E-state index in [4.69, 9.17) is 19.0 Å². The SMILES string of the molecule is C=O.COC(=O)C(Cc1ccc(OC)c(CNCOC(C)(C)C)c1)OCC(F)(P)C(F)F. The molecular formula is C21H33F3NO6P. The zero-order valence-corrected chi connectivity index (χ0v) is 20.2. The Hall–Kier alpha value is -1.74. The zero-order chi connectivity index (χ0) is 24.9. The Labute approximate surface area is 189 Å². The molecule has 0 radical (unpaired) electrons. The van der Waals surface area contributed by atoms with E-state index in [0.29, 0.717) is 24.6 Å². The number of methoxy groups -OCH3 is 2. The summed E-state index contributed by atoms with van der Waals surface area (Å²) >= 11 is 0. The van der Waals surface area contributed by atoms with Gasteiger partial charge in [-0.2, -0.15) is 0 Å². The number of carbonyl (C=O) groups excluding carboxylic acids is 2. The van der Waals surface area contributed by atoms with Gasteiger partial charge in [0, 0.05) is 18.5 Å².